The standard InChI is InChI=1S/C23H22BrClN4O4/c1-13-4-6-18(17(24)9-13)27-21(30)20-11-14-10-15(25)5-7-19(14)29(20)28-23(32)22(31)26-12-16-3-2-8-33-16/h4-7,9-11,16H,2-3,8,12H2,1H3,(H,26,31)(H,27,30)(H,28,32)/t16-/m1/s1. The molecule has 1 aliphatic rings. The molecule has 1 saturated heterocycles. The number of hydrogen-bond donors (Lipinski definition) is 3. The van der Waals surface area contributed by atoms with Gasteiger partial charge in [0.1, 0.15) is 5.69 Å². The zero-order chi connectivity index (χ0) is 23.5. The van der Waals surface area contributed by atoms with E-state index in [2.05, 4.69) is 32.0 Å². The third-order valence-electron chi connectivity index (χ3n) is 5.30. The molecule has 2 aromatic carbocycles. The summed E-state index contributed by atoms with van der Waals surface area (Å²) in [6.07, 6.45) is 1.68. The summed E-state index contributed by atoms with van der Waals surface area (Å²) in [5.74, 6) is -2.17. The first-order valence-electron chi connectivity index (χ1n) is 10.4. The highest BCUT2D eigenvalue weighted by Gasteiger charge is 2.23. The quantitative estimate of drug-likeness (QED) is 0.432. The van der Waals surface area contributed by atoms with Crippen molar-refractivity contribution in [3.05, 3.63) is 63.2 Å². The lowest BCUT2D eigenvalue weighted by molar-refractivity contribution is -0.136. The summed E-state index contributed by atoms with van der Waals surface area (Å²) in [5, 5.41) is 6.52. The van der Waals surface area contributed by atoms with Crippen molar-refractivity contribution in [3.63, 3.8) is 0 Å². The number of hydrogen-bond acceptors (Lipinski definition) is 4. The molecule has 8 nitrogen and oxygen atoms in total. The molecule has 0 unspecified atom stereocenters. The summed E-state index contributed by atoms with van der Waals surface area (Å²) in [6.45, 7) is 2.85. The number of anilines is 1. The second kappa shape index (κ2) is 9.94. The first kappa shape index (κ1) is 23.3. The Morgan fingerprint density at radius 2 is 1.97 bits per heavy atom. The highest BCUT2D eigenvalue weighted by Crippen LogP contribution is 2.26. The molecule has 3 aromatic rings. The SMILES string of the molecule is Cc1ccc(NC(=O)c2cc3cc(Cl)ccc3n2NC(=O)C(=O)NC[C@H]2CCCO2)c(Br)c1. The summed E-state index contributed by atoms with van der Waals surface area (Å²) in [6, 6.07) is 12.1. The van der Waals surface area contributed by atoms with Crippen LogP contribution >= 0.6 is 27.5 Å². The average molecular weight is 534 g/mol. The van der Waals surface area contributed by atoms with Crippen molar-refractivity contribution >= 4 is 61.8 Å². The number of fused-ring (bicyclic) bond motifs is 1. The number of aromatic nitrogens is 1. The minimum absolute atomic E-state index is 0.0920. The fourth-order valence-corrected chi connectivity index (χ4v) is 4.40. The molecule has 0 spiro atoms. The van der Waals surface area contributed by atoms with Gasteiger partial charge in [-0.15, -0.1) is 0 Å². The van der Waals surface area contributed by atoms with E-state index < -0.39 is 17.7 Å². The lowest BCUT2D eigenvalue weighted by Crippen LogP contribution is -2.42. The lowest BCUT2D eigenvalue weighted by Gasteiger charge is -2.14. The van der Waals surface area contributed by atoms with Crippen LogP contribution in [0.2, 0.25) is 5.02 Å². The van der Waals surface area contributed by atoms with Crippen molar-refractivity contribution in [2.24, 2.45) is 0 Å². The molecule has 1 fully saturated rings. The van der Waals surface area contributed by atoms with E-state index in [-0.39, 0.29) is 18.3 Å². The van der Waals surface area contributed by atoms with Crippen molar-refractivity contribution in [3.8, 4) is 0 Å². The first-order chi connectivity index (χ1) is 15.8. The molecule has 2 heterocycles. The number of nitrogens with one attached hydrogen (secondary N) is 3. The summed E-state index contributed by atoms with van der Waals surface area (Å²) in [7, 11) is 0. The van der Waals surface area contributed by atoms with Crippen LogP contribution in [0.5, 0.6) is 0 Å². The van der Waals surface area contributed by atoms with E-state index in [1.165, 1.54) is 4.68 Å². The van der Waals surface area contributed by atoms with Crippen molar-refractivity contribution in [1.29, 1.82) is 0 Å². The normalized spacial score (nSPS) is 15.4. The highest BCUT2D eigenvalue weighted by molar-refractivity contribution is 9.10. The molecular formula is C23H22BrClN4O4. The Kier molecular flexibility index (Phi) is 7.02. The van der Waals surface area contributed by atoms with E-state index in [0.29, 0.717) is 28.2 Å². The van der Waals surface area contributed by atoms with Crippen molar-refractivity contribution in [2.75, 3.05) is 23.9 Å². The number of aryl methyl sites for hydroxylation is 1. The molecule has 4 rings (SSSR count). The lowest BCUT2D eigenvalue weighted by atomic mass is 10.2. The van der Waals surface area contributed by atoms with Gasteiger partial charge in [-0.25, -0.2) is 4.68 Å². The smallest absolute Gasteiger partial charge is 0.328 e. The fourth-order valence-electron chi connectivity index (χ4n) is 3.63. The minimum atomic E-state index is -0.897. The van der Waals surface area contributed by atoms with Crippen molar-refractivity contribution in [2.45, 2.75) is 25.9 Å². The molecule has 3 N–H and O–H groups in total. The van der Waals surface area contributed by atoms with Crippen LogP contribution in [0.25, 0.3) is 10.9 Å². The minimum Gasteiger partial charge on any atom is -0.376 e. The Bertz CT molecular complexity index is 1240. The maximum Gasteiger partial charge on any atom is 0.328 e. The van der Waals surface area contributed by atoms with Crippen LogP contribution in [-0.2, 0) is 14.3 Å². The van der Waals surface area contributed by atoms with Crippen LogP contribution in [0, 0.1) is 6.92 Å². The van der Waals surface area contributed by atoms with Gasteiger partial charge in [0.2, 0.25) is 0 Å². The van der Waals surface area contributed by atoms with Gasteiger partial charge in [-0.05, 0) is 77.7 Å². The first-order valence-corrected chi connectivity index (χ1v) is 11.6. The zero-order valence-electron chi connectivity index (χ0n) is 17.8. The zero-order valence-corrected chi connectivity index (χ0v) is 20.1. The number of rotatable bonds is 5. The van der Waals surface area contributed by atoms with Gasteiger partial charge in [0.05, 0.1) is 17.3 Å². The monoisotopic (exact) mass is 532 g/mol. The summed E-state index contributed by atoms with van der Waals surface area (Å²) in [5.41, 5.74) is 4.79. The molecule has 1 aliphatic heterocycles. The van der Waals surface area contributed by atoms with Gasteiger partial charge in [0, 0.05) is 28.0 Å². The third-order valence-corrected chi connectivity index (χ3v) is 6.19. The molecule has 1 atom stereocenters. The molecule has 0 radical (unpaired) electrons. The maximum atomic E-state index is 13.1. The molecule has 10 heteroatoms. The van der Waals surface area contributed by atoms with Gasteiger partial charge in [-0.3, -0.25) is 19.8 Å². The van der Waals surface area contributed by atoms with Crippen LogP contribution in [0.1, 0.15) is 28.9 Å². The van der Waals surface area contributed by atoms with E-state index in [0.717, 1.165) is 22.9 Å². The Balaban J connectivity index is 1.58. The van der Waals surface area contributed by atoms with E-state index in [9.17, 15) is 14.4 Å². The van der Waals surface area contributed by atoms with E-state index >= 15 is 0 Å². The summed E-state index contributed by atoms with van der Waals surface area (Å²) >= 11 is 9.55. The Hall–Kier alpha value is -2.88. The summed E-state index contributed by atoms with van der Waals surface area (Å²) < 4.78 is 7.47. The fraction of sp³-hybridized carbons (Fsp3) is 0.261. The largest absolute Gasteiger partial charge is 0.376 e. The average Bonchev–Trinajstić information content (AvgIpc) is 3.42. The number of amides is 3. The maximum absolute atomic E-state index is 13.1. The van der Waals surface area contributed by atoms with Crippen LogP contribution < -0.4 is 16.1 Å². The number of carbonyl (C=O) groups excluding carboxylic acids is 3. The molecule has 172 valence electrons. The highest BCUT2D eigenvalue weighted by atomic mass is 79.9. The number of nitrogens with zero attached hydrogens (tertiary/aromatic N) is 1. The van der Waals surface area contributed by atoms with Crippen molar-refractivity contribution in [1.82, 2.24) is 9.99 Å². The second-order valence-corrected chi connectivity index (χ2v) is 9.08. The Morgan fingerprint density at radius 3 is 2.70 bits per heavy atom. The predicted octanol–water partition coefficient (Wildman–Crippen LogP) is 3.98. The Labute approximate surface area is 203 Å². The van der Waals surface area contributed by atoms with Crippen LogP contribution in [-0.4, -0.2) is 41.7 Å². The molecular weight excluding hydrogens is 512 g/mol. The van der Waals surface area contributed by atoms with Crippen molar-refractivity contribution < 1.29 is 19.1 Å². The molecule has 0 saturated carbocycles. The van der Waals surface area contributed by atoms with Gasteiger partial charge in [-0.2, -0.15) is 0 Å². The van der Waals surface area contributed by atoms with Gasteiger partial charge >= 0.3 is 11.8 Å². The van der Waals surface area contributed by atoms with Gasteiger partial charge in [0.25, 0.3) is 5.91 Å². The number of benzene rings is 2. The second-order valence-electron chi connectivity index (χ2n) is 7.79. The third kappa shape index (κ3) is 5.38. The molecule has 3 amide bonds. The molecule has 33 heavy (non-hydrogen) atoms. The topological polar surface area (TPSA) is 101 Å². The van der Waals surface area contributed by atoms with Gasteiger partial charge in [0.15, 0.2) is 0 Å². The molecule has 0 aliphatic carbocycles. The van der Waals surface area contributed by atoms with Crippen LogP contribution in [0.4, 0.5) is 5.69 Å². The Morgan fingerprint density at radius 1 is 1.15 bits per heavy atom. The van der Waals surface area contributed by atoms with Crippen LogP contribution in [0.15, 0.2) is 46.9 Å². The van der Waals surface area contributed by atoms with Gasteiger partial charge < -0.3 is 15.4 Å². The number of halogens is 2. The summed E-state index contributed by atoms with van der Waals surface area (Å²) in [4.78, 5) is 38.1. The predicted molar refractivity (Wildman–Crippen MR) is 130 cm³/mol. The number of ether oxygens (including phenoxy) is 1. The molecule has 0 bridgehead atoms. The molecule has 1 aromatic heterocycles. The van der Waals surface area contributed by atoms with Gasteiger partial charge in [-0.1, -0.05) is 17.7 Å². The van der Waals surface area contributed by atoms with E-state index in [1.54, 1.807) is 30.3 Å². The number of carbonyl (C=O) groups is 3. The van der Waals surface area contributed by atoms with E-state index in [1.807, 2.05) is 19.1 Å². The van der Waals surface area contributed by atoms with Crippen LogP contribution in [0.3, 0.4) is 0 Å². The van der Waals surface area contributed by atoms with E-state index in [4.69, 9.17) is 16.3 Å².